The van der Waals surface area contributed by atoms with Crippen LogP contribution in [0, 0.1) is 0 Å². The highest BCUT2D eigenvalue weighted by atomic mass is 32.2. The van der Waals surface area contributed by atoms with E-state index in [1.165, 1.54) is 23.1 Å². The summed E-state index contributed by atoms with van der Waals surface area (Å²) in [5, 5.41) is 1.87. The number of nitrogens with zero attached hydrogens (tertiary/aromatic N) is 1. The largest absolute Gasteiger partial charge is 0.288 e. The number of carbonyl (C=O) groups excluding carboxylic acids is 2. The number of thioether (sulfide) groups is 1. The first kappa shape index (κ1) is 15.9. The zero-order valence-corrected chi connectivity index (χ0v) is 14.7. The lowest BCUT2D eigenvalue weighted by Gasteiger charge is -2.18. The molecule has 0 saturated carbocycles. The summed E-state index contributed by atoms with van der Waals surface area (Å²) in [4.78, 5) is 29.3. The van der Waals surface area contributed by atoms with Gasteiger partial charge >= 0.3 is 0 Å². The third-order valence-corrected chi connectivity index (χ3v) is 5.75. The van der Waals surface area contributed by atoms with Gasteiger partial charge in [0.1, 0.15) is 0 Å². The molecule has 2 aromatic carbocycles. The summed E-state index contributed by atoms with van der Waals surface area (Å²) in [6.45, 7) is 0. The molecule has 0 saturated heterocycles. The van der Waals surface area contributed by atoms with Crippen molar-refractivity contribution in [1.29, 1.82) is 0 Å². The van der Waals surface area contributed by atoms with Gasteiger partial charge in [0.15, 0.2) is 0 Å². The molecule has 1 amide bonds. The number of thiophene rings is 1. The molecule has 3 nitrogen and oxygen atoms in total. The van der Waals surface area contributed by atoms with Gasteiger partial charge in [-0.2, -0.15) is 0 Å². The van der Waals surface area contributed by atoms with Crippen LogP contribution in [0.3, 0.4) is 0 Å². The summed E-state index contributed by atoms with van der Waals surface area (Å²) < 4.78 is 0. The zero-order chi connectivity index (χ0) is 17.2. The van der Waals surface area contributed by atoms with Crippen LogP contribution in [0.5, 0.6) is 0 Å². The molecule has 0 radical (unpaired) electrons. The SMILES string of the molecule is O=C1C(=CN(C(=O)c2cccs2)c2ccccc2)Sc2ccccc21. The van der Waals surface area contributed by atoms with Gasteiger partial charge in [0.2, 0.25) is 5.78 Å². The molecular weight excluding hydrogens is 350 g/mol. The molecule has 0 N–H and O–H groups in total. The number of para-hydroxylation sites is 1. The topological polar surface area (TPSA) is 37.4 Å². The minimum absolute atomic E-state index is 0.0412. The Morgan fingerprint density at radius 2 is 1.68 bits per heavy atom. The summed E-state index contributed by atoms with van der Waals surface area (Å²) in [6.07, 6.45) is 1.66. The number of fused-ring (bicyclic) bond motifs is 1. The van der Waals surface area contributed by atoms with Crippen molar-refractivity contribution in [2.24, 2.45) is 0 Å². The Labute approximate surface area is 153 Å². The lowest BCUT2D eigenvalue weighted by atomic mass is 10.1. The number of carbonyl (C=O) groups is 2. The fourth-order valence-electron chi connectivity index (χ4n) is 2.60. The number of anilines is 1. The lowest BCUT2D eigenvalue weighted by molar-refractivity contribution is 0.100. The molecule has 0 fully saturated rings. The van der Waals surface area contributed by atoms with Crippen LogP contribution in [0.25, 0.3) is 0 Å². The molecule has 1 aliphatic heterocycles. The molecule has 25 heavy (non-hydrogen) atoms. The van der Waals surface area contributed by atoms with Crippen LogP contribution in [0.1, 0.15) is 20.0 Å². The van der Waals surface area contributed by atoms with Crippen LogP contribution in [0.4, 0.5) is 5.69 Å². The average molecular weight is 363 g/mol. The fraction of sp³-hybridized carbons (Fsp3) is 0. The third-order valence-electron chi connectivity index (χ3n) is 3.81. The van der Waals surface area contributed by atoms with Gasteiger partial charge in [-0.25, -0.2) is 0 Å². The number of benzene rings is 2. The predicted octanol–water partition coefficient (Wildman–Crippen LogP) is 5.22. The van der Waals surface area contributed by atoms with E-state index in [2.05, 4.69) is 0 Å². The second-order valence-corrected chi connectivity index (χ2v) is 7.44. The Morgan fingerprint density at radius 3 is 2.40 bits per heavy atom. The number of ketones is 1. The minimum atomic E-state index is -0.141. The van der Waals surface area contributed by atoms with E-state index in [4.69, 9.17) is 0 Å². The highest BCUT2D eigenvalue weighted by Gasteiger charge is 2.27. The molecule has 5 heteroatoms. The average Bonchev–Trinajstić information content (AvgIpc) is 3.29. The maximum Gasteiger partial charge on any atom is 0.272 e. The van der Waals surface area contributed by atoms with Crippen LogP contribution in [0.15, 0.2) is 88.1 Å². The van der Waals surface area contributed by atoms with Gasteiger partial charge in [0, 0.05) is 22.3 Å². The van der Waals surface area contributed by atoms with Crippen molar-refractivity contribution in [3.8, 4) is 0 Å². The van der Waals surface area contributed by atoms with Crippen LogP contribution < -0.4 is 4.90 Å². The van der Waals surface area contributed by atoms with E-state index in [0.717, 1.165) is 10.6 Å². The molecular formula is C20H13NO2S2. The first-order valence-electron chi connectivity index (χ1n) is 7.69. The lowest BCUT2D eigenvalue weighted by Crippen LogP contribution is -2.25. The van der Waals surface area contributed by atoms with Gasteiger partial charge < -0.3 is 0 Å². The fourth-order valence-corrected chi connectivity index (χ4v) is 4.28. The Balaban J connectivity index is 1.75. The van der Waals surface area contributed by atoms with Gasteiger partial charge in [-0.1, -0.05) is 48.2 Å². The van der Waals surface area contributed by atoms with Crippen LogP contribution in [-0.2, 0) is 0 Å². The van der Waals surface area contributed by atoms with Crippen molar-refractivity contribution >= 4 is 40.5 Å². The van der Waals surface area contributed by atoms with Gasteiger partial charge in [0.25, 0.3) is 5.91 Å². The number of Topliss-reactive ketones (excluding diaryl/α,β-unsaturated/α-hetero) is 1. The van der Waals surface area contributed by atoms with Crippen molar-refractivity contribution in [3.63, 3.8) is 0 Å². The predicted molar refractivity (Wildman–Crippen MR) is 102 cm³/mol. The van der Waals surface area contributed by atoms with Crippen molar-refractivity contribution in [2.75, 3.05) is 4.90 Å². The quantitative estimate of drug-likeness (QED) is 0.598. The van der Waals surface area contributed by atoms with E-state index < -0.39 is 0 Å². The third kappa shape index (κ3) is 3.04. The van der Waals surface area contributed by atoms with Crippen molar-refractivity contribution < 1.29 is 9.59 Å². The molecule has 1 aromatic heterocycles. The first-order valence-corrected chi connectivity index (χ1v) is 9.39. The summed E-state index contributed by atoms with van der Waals surface area (Å²) >= 11 is 2.79. The molecule has 0 atom stereocenters. The van der Waals surface area contributed by atoms with Crippen LogP contribution in [0.2, 0.25) is 0 Å². The van der Waals surface area contributed by atoms with Crippen molar-refractivity contribution in [2.45, 2.75) is 4.90 Å². The molecule has 0 unspecified atom stereocenters. The summed E-state index contributed by atoms with van der Waals surface area (Å²) in [7, 11) is 0. The van der Waals surface area contributed by atoms with E-state index in [0.29, 0.717) is 15.3 Å². The van der Waals surface area contributed by atoms with Gasteiger partial charge in [0.05, 0.1) is 9.78 Å². The van der Waals surface area contributed by atoms with Gasteiger partial charge in [-0.05, 0) is 35.7 Å². The number of hydrogen-bond donors (Lipinski definition) is 0. The highest BCUT2D eigenvalue weighted by molar-refractivity contribution is 8.04. The second kappa shape index (κ2) is 6.70. The maximum absolute atomic E-state index is 12.9. The summed E-state index contributed by atoms with van der Waals surface area (Å²) in [5.41, 5.74) is 1.42. The molecule has 0 bridgehead atoms. The number of rotatable bonds is 3. The molecule has 4 rings (SSSR count). The Hall–Kier alpha value is -2.63. The van der Waals surface area contributed by atoms with Crippen molar-refractivity contribution in [1.82, 2.24) is 0 Å². The van der Waals surface area contributed by atoms with Crippen LogP contribution >= 0.6 is 23.1 Å². The minimum Gasteiger partial charge on any atom is -0.288 e. The second-order valence-electron chi connectivity index (χ2n) is 5.41. The van der Waals surface area contributed by atoms with E-state index in [1.807, 2.05) is 66.0 Å². The summed E-state index contributed by atoms with van der Waals surface area (Å²) in [5.74, 6) is -0.182. The normalized spacial score (nSPS) is 14.6. The Morgan fingerprint density at radius 1 is 0.920 bits per heavy atom. The Kier molecular flexibility index (Phi) is 4.26. The van der Waals surface area contributed by atoms with Crippen molar-refractivity contribution in [3.05, 3.63) is 93.7 Å². The maximum atomic E-state index is 12.9. The van der Waals surface area contributed by atoms with Crippen LogP contribution in [-0.4, -0.2) is 11.7 Å². The number of hydrogen-bond acceptors (Lipinski definition) is 4. The molecule has 0 spiro atoms. The molecule has 3 aromatic rings. The zero-order valence-electron chi connectivity index (χ0n) is 13.1. The molecule has 2 heterocycles. The van der Waals surface area contributed by atoms with E-state index in [9.17, 15) is 9.59 Å². The highest BCUT2D eigenvalue weighted by Crippen LogP contribution is 2.40. The van der Waals surface area contributed by atoms with Gasteiger partial charge in [-0.3, -0.25) is 14.5 Å². The molecule has 1 aliphatic rings. The number of allylic oxidation sites excluding steroid dienone is 1. The monoisotopic (exact) mass is 363 g/mol. The standard InChI is InChI=1S/C20H13NO2S2/c22-19-15-9-4-5-10-16(15)25-18(19)13-21(14-7-2-1-3-8-14)20(23)17-11-6-12-24-17/h1-13H. The Bertz CT molecular complexity index is 962. The smallest absolute Gasteiger partial charge is 0.272 e. The summed E-state index contributed by atoms with van der Waals surface area (Å²) in [6, 6.07) is 20.5. The van der Waals surface area contributed by atoms with E-state index in [1.54, 1.807) is 17.2 Å². The van der Waals surface area contributed by atoms with E-state index in [-0.39, 0.29) is 11.7 Å². The number of amides is 1. The van der Waals surface area contributed by atoms with Gasteiger partial charge in [-0.15, -0.1) is 11.3 Å². The van der Waals surface area contributed by atoms with E-state index >= 15 is 0 Å². The molecule has 122 valence electrons. The molecule has 0 aliphatic carbocycles. The first-order chi connectivity index (χ1) is 12.2.